The number of hydrogen-bond donors (Lipinski definition) is 2. The SMILES string of the molecule is O=C(CCn1ccccc1=O)NCc1ccc(C(=O)O)cc1. The van der Waals surface area contributed by atoms with Crippen LogP contribution in [0.25, 0.3) is 0 Å². The molecule has 0 bridgehead atoms. The lowest BCUT2D eigenvalue weighted by Crippen LogP contribution is -2.26. The summed E-state index contributed by atoms with van der Waals surface area (Å²) in [6.07, 6.45) is 1.84. The molecule has 0 fully saturated rings. The Hall–Kier alpha value is -2.89. The van der Waals surface area contributed by atoms with Crippen molar-refractivity contribution in [3.63, 3.8) is 0 Å². The number of pyridine rings is 1. The summed E-state index contributed by atoms with van der Waals surface area (Å²) < 4.78 is 1.47. The van der Waals surface area contributed by atoms with Crippen molar-refractivity contribution in [3.05, 3.63) is 70.1 Å². The molecule has 0 radical (unpaired) electrons. The number of amides is 1. The van der Waals surface area contributed by atoms with Crippen molar-refractivity contribution in [1.29, 1.82) is 0 Å². The van der Waals surface area contributed by atoms with Gasteiger partial charge in [-0.05, 0) is 23.8 Å². The van der Waals surface area contributed by atoms with E-state index in [4.69, 9.17) is 5.11 Å². The maximum atomic E-state index is 11.8. The average Bonchev–Trinajstić information content (AvgIpc) is 2.52. The molecule has 0 saturated heterocycles. The number of carbonyl (C=O) groups is 2. The zero-order valence-electron chi connectivity index (χ0n) is 11.9. The van der Waals surface area contributed by atoms with Crippen LogP contribution in [0.2, 0.25) is 0 Å². The highest BCUT2D eigenvalue weighted by molar-refractivity contribution is 5.87. The number of benzene rings is 1. The molecule has 22 heavy (non-hydrogen) atoms. The van der Waals surface area contributed by atoms with Crippen molar-refractivity contribution in [1.82, 2.24) is 9.88 Å². The zero-order chi connectivity index (χ0) is 15.9. The first-order valence-corrected chi connectivity index (χ1v) is 6.80. The lowest BCUT2D eigenvalue weighted by atomic mass is 10.1. The number of aromatic carboxylic acids is 1. The maximum Gasteiger partial charge on any atom is 0.335 e. The lowest BCUT2D eigenvalue weighted by Gasteiger charge is -2.07. The maximum absolute atomic E-state index is 11.8. The van der Waals surface area contributed by atoms with Gasteiger partial charge in [-0.1, -0.05) is 18.2 Å². The minimum absolute atomic E-state index is 0.139. The van der Waals surface area contributed by atoms with Crippen molar-refractivity contribution in [2.75, 3.05) is 0 Å². The zero-order valence-corrected chi connectivity index (χ0v) is 11.9. The third kappa shape index (κ3) is 4.31. The average molecular weight is 300 g/mol. The predicted molar refractivity (Wildman–Crippen MR) is 80.6 cm³/mol. The second-order valence-electron chi connectivity index (χ2n) is 4.76. The normalized spacial score (nSPS) is 10.2. The first-order chi connectivity index (χ1) is 10.6. The van der Waals surface area contributed by atoms with Crippen LogP contribution in [0.4, 0.5) is 0 Å². The number of carboxylic acids is 1. The predicted octanol–water partition coefficient (Wildman–Crippen LogP) is 1.25. The van der Waals surface area contributed by atoms with Gasteiger partial charge in [0.05, 0.1) is 5.56 Å². The molecule has 6 heteroatoms. The van der Waals surface area contributed by atoms with Crippen LogP contribution < -0.4 is 10.9 Å². The summed E-state index contributed by atoms with van der Waals surface area (Å²) in [5.74, 6) is -1.15. The van der Waals surface area contributed by atoms with Gasteiger partial charge in [0.15, 0.2) is 0 Å². The summed E-state index contributed by atoms with van der Waals surface area (Å²) in [5.41, 5.74) is 0.883. The van der Waals surface area contributed by atoms with Crippen molar-refractivity contribution in [2.24, 2.45) is 0 Å². The van der Waals surface area contributed by atoms with Gasteiger partial charge < -0.3 is 15.0 Å². The van der Waals surface area contributed by atoms with Crippen LogP contribution in [0.1, 0.15) is 22.3 Å². The highest BCUT2D eigenvalue weighted by Crippen LogP contribution is 2.04. The summed E-state index contributed by atoms with van der Waals surface area (Å²) in [4.78, 5) is 34.0. The molecule has 2 aromatic rings. The Labute approximate surface area is 127 Å². The van der Waals surface area contributed by atoms with Crippen LogP contribution in [0, 0.1) is 0 Å². The van der Waals surface area contributed by atoms with E-state index in [2.05, 4.69) is 5.32 Å². The van der Waals surface area contributed by atoms with E-state index in [1.54, 1.807) is 30.5 Å². The molecule has 0 atom stereocenters. The van der Waals surface area contributed by atoms with Crippen molar-refractivity contribution in [3.8, 4) is 0 Å². The third-order valence-electron chi connectivity index (χ3n) is 3.17. The molecule has 114 valence electrons. The summed E-state index contributed by atoms with van der Waals surface area (Å²) in [6.45, 7) is 0.645. The smallest absolute Gasteiger partial charge is 0.335 e. The Morgan fingerprint density at radius 2 is 1.82 bits per heavy atom. The largest absolute Gasteiger partial charge is 0.478 e. The number of nitrogens with one attached hydrogen (secondary N) is 1. The van der Waals surface area contributed by atoms with Crippen LogP contribution in [-0.4, -0.2) is 21.6 Å². The first kappa shape index (κ1) is 15.5. The van der Waals surface area contributed by atoms with E-state index >= 15 is 0 Å². The molecular weight excluding hydrogens is 284 g/mol. The van der Waals surface area contributed by atoms with Gasteiger partial charge in [0.1, 0.15) is 0 Å². The fourth-order valence-corrected chi connectivity index (χ4v) is 1.92. The highest BCUT2D eigenvalue weighted by atomic mass is 16.4. The van der Waals surface area contributed by atoms with E-state index in [1.165, 1.54) is 22.8 Å². The molecule has 2 N–H and O–H groups in total. The number of carbonyl (C=O) groups excluding carboxylic acids is 1. The standard InChI is InChI=1S/C16H16N2O4/c19-14(8-10-18-9-2-1-3-15(18)20)17-11-12-4-6-13(7-5-12)16(21)22/h1-7,9H,8,10-11H2,(H,17,19)(H,21,22). The lowest BCUT2D eigenvalue weighted by molar-refractivity contribution is -0.121. The van der Waals surface area contributed by atoms with E-state index in [-0.39, 0.29) is 23.5 Å². The summed E-state index contributed by atoms with van der Waals surface area (Å²) in [7, 11) is 0. The fraction of sp³-hybridized carbons (Fsp3) is 0.188. The number of rotatable bonds is 6. The van der Waals surface area contributed by atoms with Gasteiger partial charge in [-0.3, -0.25) is 9.59 Å². The van der Waals surface area contributed by atoms with Gasteiger partial charge in [0.25, 0.3) is 5.56 Å². The second kappa shape index (κ2) is 7.21. The molecule has 0 unspecified atom stereocenters. The van der Waals surface area contributed by atoms with Crippen LogP contribution in [0.5, 0.6) is 0 Å². The highest BCUT2D eigenvalue weighted by Gasteiger charge is 2.04. The van der Waals surface area contributed by atoms with Gasteiger partial charge in [0.2, 0.25) is 5.91 Å². The number of hydrogen-bond acceptors (Lipinski definition) is 3. The Balaban J connectivity index is 1.81. The molecular formula is C16H16N2O4. The van der Waals surface area contributed by atoms with Crippen LogP contribution in [-0.2, 0) is 17.9 Å². The quantitative estimate of drug-likeness (QED) is 0.840. The Bertz CT molecular complexity index is 719. The van der Waals surface area contributed by atoms with Crippen LogP contribution >= 0.6 is 0 Å². The van der Waals surface area contributed by atoms with Gasteiger partial charge in [0, 0.05) is 31.8 Å². The van der Waals surface area contributed by atoms with Crippen molar-refractivity contribution in [2.45, 2.75) is 19.5 Å². The summed E-state index contributed by atoms with van der Waals surface area (Å²) >= 11 is 0. The van der Waals surface area contributed by atoms with E-state index < -0.39 is 5.97 Å². The Morgan fingerprint density at radius 3 is 2.45 bits per heavy atom. The molecule has 0 spiro atoms. The third-order valence-corrected chi connectivity index (χ3v) is 3.17. The molecule has 6 nitrogen and oxygen atoms in total. The minimum atomic E-state index is -0.983. The summed E-state index contributed by atoms with van der Waals surface area (Å²) in [5, 5.41) is 11.5. The van der Waals surface area contributed by atoms with Gasteiger partial charge >= 0.3 is 5.97 Å². The molecule has 1 aromatic heterocycles. The van der Waals surface area contributed by atoms with E-state index in [9.17, 15) is 14.4 Å². The topological polar surface area (TPSA) is 88.4 Å². The van der Waals surface area contributed by atoms with Gasteiger partial charge in [-0.15, -0.1) is 0 Å². The van der Waals surface area contributed by atoms with Crippen molar-refractivity contribution < 1.29 is 14.7 Å². The fourth-order valence-electron chi connectivity index (χ4n) is 1.92. The monoisotopic (exact) mass is 300 g/mol. The Kier molecular flexibility index (Phi) is 5.08. The molecule has 0 saturated carbocycles. The number of aromatic nitrogens is 1. The van der Waals surface area contributed by atoms with Crippen LogP contribution in [0.15, 0.2) is 53.5 Å². The minimum Gasteiger partial charge on any atom is -0.478 e. The molecule has 0 aliphatic carbocycles. The van der Waals surface area contributed by atoms with Gasteiger partial charge in [-0.2, -0.15) is 0 Å². The molecule has 1 aromatic carbocycles. The number of aryl methyl sites for hydroxylation is 1. The van der Waals surface area contributed by atoms with Gasteiger partial charge in [-0.25, -0.2) is 4.79 Å². The molecule has 0 aliphatic rings. The van der Waals surface area contributed by atoms with E-state index in [1.807, 2.05) is 0 Å². The van der Waals surface area contributed by atoms with Crippen molar-refractivity contribution >= 4 is 11.9 Å². The molecule has 2 rings (SSSR count). The summed E-state index contributed by atoms with van der Waals surface area (Å²) in [6, 6.07) is 11.1. The first-order valence-electron chi connectivity index (χ1n) is 6.80. The number of nitrogens with zero attached hydrogens (tertiary/aromatic N) is 1. The molecule has 1 amide bonds. The van der Waals surface area contributed by atoms with E-state index in [0.29, 0.717) is 13.1 Å². The number of carboxylic acid groups (broad SMARTS) is 1. The Morgan fingerprint density at radius 1 is 1.09 bits per heavy atom. The van der Waals surface area contributed by atoms with E-state index in [0.717, 1.165) is 5.56 Å². The van der Waals surface area contributed by atoms with Crippen LogP contribution in [0.3, 0.4) is 0 Å². The molecule has 0 aliphatic heterocycles. The molecule has 1 heterocycles. The second-order valence-corrected chi connectivity index (χ2v) is 4.76.